The standard InChI is InChI=1S/C14H16BrNS/c1-2-7-16-8-11-5-3-4-6-12(11)13-9-17-10-14(13)15/h3-6,9-10,16H,2,7-8H2,1H3. The minimum Gasteiger partial charge on any atom is -0.313 e. The Balaban J connectivity index is 2.25. The number of hydrogen-bond acceptors (Lipinski definition) is 2. The van der Waals surface area contributed by atoms with E-state index in [0.717, 1.165) is 13.1 Å². The van der Waals surface area contributed by atoms with Crippen molar-refractivity contribution >= 4 is 27.3 Å². The Hall–Kier alpha value is -0.640. The van der Waals surface area contributed by atoms with Crippen LogP contribution in [0.2, 0.25) is 0 Å². The van der Waals surface area contributed by atoms with Crippen LogP contribution in [0.5, 0.6) is 0 Å². The lowest BCUT2D eigenvalue weighted by Gasteiger charge is -2.09. The van der Waals surface area contributed by atoms with Crippen molar-refractivity contribution in [3.05, 3.63) is 45.1 Å². The van der Waals surface area contributed by atoms with Gasteiger partial charge >= 0.3 is 0 Å². The number of nitrogens with one attached hydrogen (secondary N) is 1. The molecule has 0 radical (unpaired) electrons. The predicted molar refractivity (Wildman–Crippen MR) is 79.5 cm³/mol. The molecule has 90 valence electrons. The smallest absolute Gasteiger partial charge is 0.0360 e. The third-order valence-electron chi connectivity index (χ3n) is 2.66. The summed E-state index contributed by atoms with van der Waals surface area (Å²) < 4.78 is 1.19. The molecule has 0 aliphatic rings. The molecule has 17 heavy (non-hydrogen) atoms. The van der Waals surface area contributed by atoms with Crippen LogP contribution in [0.3, 0.4) is 0 Å². The van der Waals surface area contributed by atoms with Gasteiger partial charge in [-0.15, -0.1) is 0 Å². The van der Waals surface area contributed by atoms with Gasteiger partial charge in [0.2, 0.25) is 0 Å². The second-order valence-corrected chi connectivity index (χ2v) is 5.57. The Bertz CT molecular complexity index is 479. The lowest BCUT2D eigenvalue weighted by Crippen LogP contribution is -2.14. The molecule has 0 fully saturated rings. The fourth-order valence-electron chi connectivity index (χ4n) is 1.81. The summed E-state index contributed by atoms with van der Waals surface area (Å²) in [5.41, 5.74) is 3.98. The number of thiophene rings is 1. The molecule has 0 saturated heterocycles. The van der Waals surface area contributed by atoms with E-state index in [1.165, 1.54) is 27.6 Å². The van der Waals surface area contributed by atoms with E-state index in [0.29, 0.717) is 0 Å². The highest BCUT2D eigenvalue weighted by Gasteiger charge is 2.08. The van der Waals surface area contributed by atoms with E-state index in [4.69, 9.17) is 0 Å². The van der Waals surface area contributed by atoms with Crippen molar-refractivity contribution in [1.82, 2.24) is 5.32 Å². The van der Waals surface area contributed by atoms with Crippen molar-refractivity contribution in [2.24, 2.45) is 0 Å². The zero-order valence-corrected chi connectivity index (χ0v) is 12.3. The normalized spacial score (nSPS) is 10.7. The third kappa shape index (κ3) is 3.18. The molecule has 1 N–H and O–H groups in total. The van der Waals surface area contributed by atoms with E-state index in [1.807, 2.05) is 0 Å². The summed E-state index contributed by atoms with van der Waals surface area (Å²) in [7, 11) is 0. The third-order valence-corrected chi connectivity index (χ3v) is 4.37. The largest absolute Gasteiger partial charge is 0.313 e. The van der Waals surface area contributed by atoms with Crippen molar-refractivity contribution in [1.29, 1.82) is 0 Å². The van der Waals surface area contributed by atoms with Crippen LogP contribution in [0, 0.1) is 0 Å². The summed E-state index contributed by atoms with van der Waals surface area (Å²) in [6.45, 7) is 4.19. The summed E-state index contributed by atoms with van der Waals surface area (Å²) in [4.78, 5) is 0. The number of hydrogen-bond donors (Lipinski definition) is 1. The number of benzene rings is 1. The maximum Gasteiger partial charge on any atom is 0.0360 e. The summed E-state index contributed by atoms with van der Waals surface area (Å²) in [5, 5.41) is 7.79. The average Bonchev–Trinajstić information content (AvgIpc) is 2.76. The van der Waals surface area contributed by atoms with E-state index < -0.39 is 0 Å². The van der Waals surface area contributed by atoms with Gasteiger partial charge in [0.25, 0.3) is 0 Å². The Labute approximate surface area is 115 Å². The van der Waals surface area contributed by atoms with Gasteiger partial charge < -0.3 is 5.32 Å². The van der Waals surface area contributed by atoms with Gasteiger partial charge in [-0.1, -0.05) is 31.2 Å². The minimum atomic E-state index is 0.937. The monoisotopic (exact) mass is 309 g/mol. The van der Waals surface area contributed by atoms with Gasteiger partial charge in [0, 0.05) is 22.0 Å². The molecule has 0 bridgehead atoms. The summed E-state index contributed by atoms with van der Waals surface area (Å²) in [6, 6.07) is 8.59. The first-order valence-corrected chi connectivity index (χ1v) is 7.57. The van der Waals surface area contributed by atoms with Gasteiger partial charge in [-0.2, -0.15) is 11.3 Å². The molecule has 1 aromatic heterocycles. The van der Waals surface area contributed by atoms with E-state index in [9.17, 15) is 0 Å². The first kappa shape index (κ1) is 12.8. The summed E-state index contributed by atoms with van der Waals surface area (Å²) in [5.74, 6) is 0. The molecule has 0 spiro atoms. The van der Waals surface area contributed by atoms with Crippen LogP contribution in [-0.2, 0) is 6.54 Å². The molecule has 0 unspecified atom stereocenters. The Morgan fingerprint density at radius 1 is 1.18 bits per heavy atom. The van der Waals surface area contributed by atoms with Crippen molar-refractivity contribution < 1.29 is 0 Å². The molecule has 0 atom stereocenters. The minimum absolute atomic E-state index is 0.937. The van der Waals surface area contributed by atoms with Gasteiger partial charge in [-0.05, 0) is 45.4 Å². The lowest BCUT2D eigenvalue weighted by atomic mass is 10.0. The van der Waals surface area contributed by atoms with Crippen LogP contribution in [0.4, 0.5) is 0 Å². The molecule has 2 rings (SSSR count). The van der Waals surface area contributed by atoms with E-state index >= 15 is 0 Å². The highest BCUT2D eigenvalue weighted by atomic mass is 79.9. The average molecular weight is 310 g/mol. The van der Waals surface area contributed by atoms with E-state index in [1.54, 1.807) is 11.3 Å². The molecule has 3 heteroatoms. The van der Waals surface area contributed by atoms with Gasteiger partial charge in [-0.3, -0.25) is 0 Å². The Kier molecular flexibility index (Phi) is 4.77. The van der Waals surface area contributed by atoms with Gasteiger partial charge in [-0.25, -0.2) is 0 Å². The molecule has 0 aliphatic carbocycles. The lowest BCUT2D eigenvalue weighted by molar-refractivity contribution is 0.676. The highest BCUT2D eigenvalue weighted by molar-refractivity contribution is 9.10. The van der Waals surface area contributed by atoms with Crippen molar-refractivity contribution in [3.8, 4) is 11.1 Å². The molecular formula is C14H16BrNS. The van der Waals surface area contributed by atoms with Crippen molar-refractivity contribution in [2.75, 3.05) is 6.54 Å². The topological polar surface area (TPSA) is 12.0 Å². The van der Waals surface area contributed by atoms with E-state index in [-0.39, 0.29) is 0 Å². The van der Waals surface area contributed by atoms with Gasteiger partial charge in [0.15, 0.2) is 0 Å². The first-order chi connectivity index (χ1) is 8.33. The van der Waals surface area contributed by atoms with Gasteiger partial charge in [0.05, 0.1) is 0 Å². The second-order valence-electron chi connectivity index (χ2n) is 3.97. The molecule has 1 nitrogen and oxygen atoms in total. The summed E-state index contributed by atoms with van der Waals surface area (Å²) >= 11 is 5.34. The molecule has 0 saturated carbocycles. The van der Waals surface area contributed by atoms with Crippen LogP contribution in [0.25, 0.3) is 11.1 Å². The maximum atomic E-state index is 3.61. The van der Waals surface area contributed by atoms with Crippen LogP contribution >= 0.6 is 27.3 Å². The zero-order chi connectivity index (χ0) is 12.1. The zero-order valence-electron chi connectivity index (χ0n) is 9.87. The van der Waals surface area contributed by atoms with Gasteiger partial charge in [0.1, 0.15) is 0 Å². The molecule has 1 heterocycles. The van der Waals surface area contributed by atoms with Crippen LogP contribution in [-0.4, -0.2) is 6.54 Å². The molecular weight excluding hydrogens is 294 g/mol. The maximum absolute atomic E-state index is 3.61. The predicted octanol–water partition coefficient (Wildman–Crippen LogP) is 4.68. The SMILES string of the molecule is CCCNCc1ccccc1-c1cscc1Br. The molecule has 2 aromatic rings. The van der Waals surface area contributed by atoms with Crippen molar-refractivity contribution in [3.63, 3.8) is 0 Å². The first-order valence-electron chi connectivity index (χ1n) is 5.83. The molecule has 0 aliphatic heterocycles. The van der Waals surface area contributed by atoms with E-state index in [2.05, 4.69) is 63.2 Å². The molecule has 0 amide bonds. The second kappa shape index (κ2) is 6.34. The van der Waals surface area contributed by atoms with Crippen LogP contribution in [0.1, 0.15) is 18.9 Å². The fourth-order valence-corrected chi connectivity index (χ4v) is 3.32. The highest BCUT2D eigenvalue weighted by Crippen LogP contribution is 2.33. The quantitative estimate of drug-likeness (QED) is 0.791. The number of rotatable bonds is 5. The van der Waals surface area contributed by atoms with Crippen LogP contribution in [0.15, 0.2) is 39.5 Å². The summed E-state index contributed by atoms with van der Waals surface area (Å²) in [6.07, 6.45) is 1.17. The van der Waals surface area contributed by atoms with Crippen LogP contribution < -0.4 is 5.32 Å². The molecule has 1 aromatic carbocycles. The number of halogens is 1. The fraction of sp³-hybridized carbons (Fsp3) is 0.286. The van der Waals surface area contributed by atoms with Crippen molar-refractivity contribution in [2.45, 2.75) is 19.9 Å². The Morgan fingerprint density at radius 3 is 2.71 bits per heavy atom. The Morgan fingerprint density at radius 2 is 2.00 bits per heavy atom.